The molecule has 0 fully saturated rings. The topological polar surface area (TPSA) is 63.0 Å². The monoisotopic (exact) mass is 204 g/mol. The van der Waals surface area contributed by atoms with Gasteiger partial charge in [0.05, 0.1) is 30.3 Å². The van der Waals surface area contributed by atoms with Crippen LogP contribution in [0.2, 0.25) is 0 Å². The van der Waals surface area contributed by atoms with Gasteiger partial charge in [0.2, 0.25) is 0 Å². The lowest BCUT2D eigenvalue weighted by atomic mass is 10.3. The van der Waals surface area contributed by atoms with Crippen molar-refractivity contribution in [1.82, 2.24) is 10.1 Å². The molecule has 0 atom stereocenters. The van der Waals surface area contributed by atoms with E-state index in [2.05, 4.69) is 20.8 Å². The van der Waals surface area contributed by atoms with Crippen molar-refractivity contribution in [1.29, 1.82) is 0 Å². The van der Waals surface area contributed by atoms with Crippen LogP contribution in [-0.4, -0.2) is 17.2 Å². The molecule has 15 heavy (non-hydrogen) atoms. The average molecular weight is 204 g/mol. The lowest BCUT2D eigenvalue weighted by Crippen LogP contribution is -2.00. The lowest BCUT2D eigenvalue weighted by Gasteiger charge is -2.05. The Kier molecular flexibility index (Phi) is 2.82. The molecule has 0 amide bonds. The molecule has 0 aliphatic carbocycles. The molecule has 2 aromatic rings. The van der Waals surface area contributed by atoms with Gasteiger partial charge in [-0.15, -0.1) is 0 Å². The van der Waals surface area contributed by atoms with E-state index in [1.165, 1.54) is 0 Å². The Morgan fingerprint density at radius 3 is 2.93 bits per heavy atom. The van der Waals surface area contributed by atoms with Gasteiger partial charge in [-0.25, -0.2) is 0 Å². The third-order valence-electron chi connectivity index (χ3n) is 1.99. The Bertz CT molecular complexity index is 413. The predicted molar refractivity (Wildman–Crippen MR) is 57.6 cm³/mol. The Labute approximate surface area is 87.5 Å². The molecule has 2 aromatic heterocycles. The number of hydrogen-bond donors (Lipinski definition) is 2. The molecule has 0 aromatic carbocycles. The van der Waals surface area contributed by atoms with E-state index in [1.54, 1.807) is 18.7 Å². The number of nitrogens with one attached hydrogen (secondary N) is 2. The van der Waals surface area contributed by atoms with Gasteiger partial charge in [-0.05, 0) is 6.07 Å². The number of anilines is 2. The van der Waals surface area contributed by atoms with Crippen molar-refractivity contribution in [3.05, 3.63) is 36.5 Å². The highest BCUT2D eigenvalue weighted by molar-refractivity contribution is 5.53. The Hall–Kier alpha value is -2.04. The largest absolute Gasteiger partial charge is 0.387 e. The zero-order chi connectivity index (χ0) is 10.5. The Balaban J connectivity index is 1.98. The zero-order valence-electron chi connectivity index (χ0n) is 8.40. The minimum absolute atomic E-state index is 0.630. The minimum Gasteiger partial charge on any atom is -0.387 e. The van der Waals surface area contributed by atoms with Gasteiger partial charge in [0.1, 0.15) is 12.0 Å². The van der Waals surface area contributed by atoms with Crippen molar-refractivity contribution in [2.24, 2.45) is 0 Å². The second-order valence-electron chi connectivity index (χ2n) is 3.06. The van der Waals surface area contributed by atoms with Crippen LogP contribution in [0.25, 0.3) is 0 Å². The van der Waals surface area contributed by atoms with Gasteiger partial charge >= 0.3 is 0 Å². The van der Waals surface area contributed by atoms with E-state index in [-0.39, 0.29) is 0 Å². The van der Waals surface area contributed by atoms with Crippen LogP contribution >= 0.6 is 0 Å². The molecule has 0 radical (unpaired) electrons. The molecular weight excluding hydrogens is 192 g/mol. The van der Waals surface area contributed by atoms with Crippen molar-refractivity contribution in [2.75, 3.05) is 17.7 Å². The van der Waals surface area contributed by atoms with E-state index < -0.39 is 0 Å². The summed E-state index contributed by atoms with van der Waals surface area (Å²) in [6.45, 7) is 0.630. The van der Waals surface area contributed by atoms with Gasteiger partial charge in [-0.1, -0.05) is 5.16 Å². The SMILES string of the molecule is CNc1cncc(NCc2ccon2)c1. The number of rotatable bonds is 4. The van der Waals surface area contributed by atoms with E-state index >= 15 is 0 Å². The summed E-state index contributed by atoms with van der Waals surface area (Å²) in [6, 6.07) is 3.80. The average Bonchev–Trinajstić information content (AvgIpc) is 2.79. The zero-order valence-corrected chi connectivity index (χ0v) is 8.40. The first-order valence-electron chi connectivity index (χ1n) is 4.64. The fourth-order valence-electron chi connectivity index (χ4n) is 1.19. The van der Waals surface area contributed by atoms with Crippen LogP contribution in [0.15, 0.2) is 35.3 Å². The van der Waals surface area contributed by atoms with Crippen LogP contribution in [0.5, 0.6) is 0 Å². The molecule has 0 bridgehead atoms. The summed E-state index contributed by atoms with van der Waals surface area (Å²) in [6.07, 6.45) is 5.08. The second-order valence-corrected chi connectivity index (χ2v) is 3.06. The minimum atomic E-state index is 0.630. The highest BCUT2D eigenvalue weighted by Crippen LogP contribution is 2.12. The summed E-state index contributed by atoms with van der Waals surface area (Å²) in [5.74, 6) is 0. The van der Waals surface area contributed by atoms with Gasteiger partial charge < -0.3 is 15.2 Å². The van der Waals surface area contributed by atoms with Crippen molar-refractivity contribution >= 4 is 11.4 Å². The quantitative estimate of drug-likeness (QED) is 0.794. The molecule has 0 aliphatic heterocycles. The number of hydrogen-bond acceptors (Lipinski definition) is 5. The molecule has 5 nitrogen and oxygen atoms in total. The predicted octanol–water partition coefficient (Wildman–Crippen LogP) is 1.72. The maximum atomic E-state index is 4.73. The lowest BCUT2D eigenvalue weighted by molar-refractivity contribution is 0.412. The summed E-state index contributed by atoms with van der Waals surface area (Å²) >= 11 is 0. The Morgan fingerprint density at radius 2 is 2.20 bits per heavy atom. The van der Waals surface area contributed by atoms with Crippen LogP contribution in [0, 0.1) is 0 Å². The number of aromatic nitrogens is 2. The first-order chi connectivity index (χ1) is 7.38. The summed E-state index contributed by atoms with van der Waals surface area (Å²) in [7, 11) is 1.86. The third kappa shape index (κ3) is 2.46. The summed E-state index contributed by atoms with van der Waals surface area (Å²) in [5, 5.41) is 10.0. The van der Waals surface area contributed by atoms with Gasteiger partial charge in [-0.3, -0.25) is 4.98 Å². The van der Waals surface area contributed by atoms with E-state index in [0.717, 1.165) is 17.1 Å². The fourth-order valence-corrected chi connectivity index (χ4v) is 1.19. The highest BCUT2D eigenvalue weighted by atomic mass is 16.5. The summed E-state index contributed by atoms with van der Waals surface area (Å²) < 4.78 is 4.73. The van der Waals surface area contributed by atoms with Crippen molar-refractivity contribution in [2.45, 2.75) is 6.54 Å². The van der Waals surface area contributed by atoms with Gasteiger partial charge in [0, 0.05) is 13.1 Å². The van der Waals surface area contributed by atoms with Crippen LogP contribution < -0.4 is 10.6 Å². The van der Waals surface area contributed by atoms with Crippen LogP contribution in [-0.2, 0) is 6.54 Å². The number of nitrogens with zero attached hydrogens (tertiary/aromatic N) is 2. The maximum Gasteiger partial charge on any atom is 0.124 e. The molecule has 0 saturated heterocycles. The number of pyridine rings is 1. The summed E-state index contributed by atoms with van der Waals surface area (Å²) in [4.78, 5) is 4.09. The van der Waals surface area contributed by atoms with Gasteiger partial charge in [0.25, 0.3) is 0 Å². The van der Waals surface area contributed by atoms with Gasteiger partial charge in [-0.2, -0.15) is 0 Å². The van der Waals surface area contributed by atoms with E-state index in [9.17, 15) is 0 Å². The van der Waals surface area contributed by atoms with E-state index in [0.29, 0.717) is 6.54 Å². The highest BCUT2D eigenvalue weighted by Gasteiger charge is 1.97. The summed E-state index contributed by atoms with van der Waals surface area (Å²) in [5.41, 5.74) is 2.79. The first-order valence-corrected chi connectivity index (χ1v) is 4.64. The van der Waals surface area contributed by atoms with Crippen molar-refractivity contribution < 1.29 is 4.52 Å². The van der Waals surface area contributed by atoms with E-state index in [1.807, 2.05) is 19.2 Å². The molecular formula is C10H12N4O. The molecule has 0 spiro atoms. The maximum absolute atomic E-state index is 4.73. The third-order valence-corrected chi connectivity index (χ3v) is 1.99. The molecule has 0 unspecified atom stereocenters. The first kappa shape index (κ1) is 9.51. The van der Waals surface area contributed by atoms with Crippen LogP contribution in [0.1, 0.15) is 5.69 Å². The van der Waals surface area contributed by atoms with Crippen molar-refractivity contribution in [3.63, 3.8) is 0 Å². The molecule has 0 saturated carbocycles. The molecule has 2 heterocycles. The van der Waals surface area contributed by atoms with Crippen LogP contribution in [0.3, 0.4) is 0 Å². The Morgan fingerprint density at radius 1 is 1.33 bits per heavy atom. The molecule has 2 rings (SSSR count). The molecule has 2 N–H and O–H groups in total. The van der Waals surface area contributed by atoms with Gasteiger partial charge in [0.15, 0.2) is 0 Å². The van der Waals surface area contributed by atoms with E-state index in [4.69, 9.17) is 4.52 Å². The smallest absolute Gasteiger partial charge is 0.124 e. The molecule has 0 aliphatic rings. The van der Waals surface area contributed by atoms with Crippen molar-refractivity contribution in [3.8, 4) is 0 Å². The molecule has 5 heteroatoms. The normalized spacial score (nSPS) is 9.93. The second kappa shape index (κ2) is 4.45. The molecule has 78 valence electrons. The fraction of sp³-hybridized carbons (Fsp3) is 0.200. The standard InChI is InChI=1S/C10H12N4O/c1-11-9-4-10(6-12-5-9)13-7-8-2-3-15-14-8/h2-6,11,13H,7H2,1H3. The van der Waals surface area contributed by atoms with Crippen LogP contribution in [0.4, 0.5) is 11.4 Å².